The summed E-state index contributed by atoms with van der Waals surface area (Å²) >= 11 is 0. The minimum absolute atomic E-state index is 0.0829. The van der Waals surface area contributed by atoms with Gasteiger partial charge in [0.15, 0.2) is 0 Å². The number of amides is 1. The molecule has 7 nitrogen and oxygen atoms in total. The minimum Gasteiger partial charge on any atom is -0.492 e. The number of sulfonamides is 1. The van der Waals surface area contributed by atoms with Gasteiger partial charge in [-0.25, -0.2) is 8.42 Å². The third-order valence-corrected chi connectivity index (χ3v) is 7.15. The lowest BCUT2D eigenvalue weighted by Gasteiger charge is -2.22. The van der Waals surface area contributed by atoms with Crippen LogP contribution in [0.2, 0.25) is 0 Å². The van der Waals surface area contributed by atoms with Crippen LogP contribution in [-0.4, -0.2) is 40.3 Å². The van der Waals surface area contributed by atoms with Crippen molar-refractivity contribution in [2.75, 3.05) is 30.3 Å². The molecule has 8 heteroatoms. The van der Waals surface area contributed by atoms with Crippen molar-refractivity contribution in [3.05, 3.63) is 90.0 Å². The Labute approximate surface area is 226 Å². The summed E-state index contributed by atoms with van der Waals surface area (Å²) in [5.74, 6) is 1.26. The van der Waals surface area contributed by atoms with Gasteiger partial charge >= 0.3 is 0 Å². The first kappa shape index (κ1) is 29.0. The fourth-order valence-corrected chi connectivity index (χ4v) is 4.78. The number of nitrogens with one attached hydrogen (secondary N) is 1. The van der Waals surface area contributed by atoms with Gasteiger partial charge in [0.2, 0.25) is 15.9 Å². The Kier molecular flexibility index (Phi) is 10.2. The quantitative estimate of drug-likeness (QED) is 0.298. The van der Waals surface area contributed by atoms with E-state index in [4.69, 9.17) is 9.47 Å². The van der Waals surface area contributed by atoms with Crippen LogP contribution in [0.25, 0.3) is 0 Å². The van der Waals surface area contributed by atoms with Gasteiger partial charge in [0.05, 0.1) is 18.5 Å². The number of carbonyl (C=O) groups excluding carboxylic acids is 1. The number of benzene rings is 3. The lowest BCUT2D eigenvalue weighted by molar-refractivity contribution is -0.121. The molecule has 0 unspecified atom stereocenters. The Morgan fingerprint density at radius 1 is 0.868 bits per heavy atom. The zero-order valence-corrected chi connectivity index (χ0v) is 23.5. The van der Waals surface area contributed by atoms with Crippen LogP contribution < -0.4 is 19.1 Å². The molecule has 38 heavy (non-hydrogen) atoms. The summed E-state index contributed by atoms with van der Waals surface area (Å²) in [6.45, 7) is 7.84. The summed E-state index contributed by atoms with van der Waals surface area (Å²) in [4.78, 5) is 12.3. The average molecular weight is 539 g/mol. The average Bonchev–Trinajstić information content (AvgIpc) is 2.88. The molecule has 0 spiro atoms. The van der Waals surface area contributed by atoms with Gasteiger partial charge in [-0.05, 0) is 59.4 Å². The van der Waals surface area contributed by atoms with Gasteiger partial charge in [-0.3, -0.25) is 9.10 Å². The number of rotatable bonds is 13. The molecule has 0 saturated carbocycles. The predicted octanol–water partition coefficient (Wildman–Crippen LogP) is 5.30. The maximum atomic E-state index is 12.4. The highest BCUT2D eigenvalue weighted by Gasteiger charge is 2.18. The molecule has 3 rings (SSSR count). The molecule has 3 aromatic carbocycles. The van der Waals surface area contributed by atoms with E-state index in [1.54, 1.807) is 24.3 Å². The molecule has 204 valence electrons. The Hall–Kier alpha value is -3.52. The number of anilines is 1. The Balaban J connectivity index is 1.41. The van der Waals surface area contributed by atoms with E-state index >= 15 is 0 Å². The normalized spacial score (nSPS) is 11.6. The number of hydrogen-bond donors (Lipinski definition) is 1. The van der Waals surface area contributed by atoms with Crippen LogP contribution in [0.1, 0.15) is 44.7 Å². The predicted molar refractivity (Wildman–Crippen MR) is 152 cm³/mol. The van der Waals surface area contributed by atoms with Crippen molar-refractivity contribution >= 4 is 21.6 Å². The van der Waals surface area contributed by atoms with Crippen LogP contribution in [0.4, 0.5) is 5.69 Å². The summed E-state index contributed by atoms with van der Waals surface area (Å²) < 4.78 is 37.6. The highest BCUT2D eigenvalue weighted by atomic mass is 32.2. The number of nitrogens with zero attached hydrogens (tertiary/aromatic N) is 1. The summed E-state index contributed by atoms with van der Waals surface area (Å²) in [5, 5.41) is 2.83. The summed E-state index contributed by atoms with van der Waals surface area (Å²) in [6, 6.07) is 24.7. The highest BCUT2D eigenvalue weighted by molar-refractivity contribution is 7.92. The van der Waals surface area contributed by atoms with Gasteiger partial charge < -0.3 is 14.8 Å². The van der Waals surface area contributed by atoms with Crippen molar-refractivity contribution in [1.29, 1.82) is 0 Å². The summed E-state index contributed by atoms with van der Waals surface area (Å²) in [7, 11) is -3.51. The van der Waals surface area contributed by atoms with E-state index in [9.17, 15) is 13.2 Å². The maximum Gasteiger partial charge on any atom is 0.232 e. The molecule has 3 aromatic rings. The highest BCUT2D eigenvalue weighted by Crippen LogP contribution is 2.24. The van der Waals surface area contributed by atoms with Crippen LogP contribution in [0.15, 0.2) is 78.9 Å². The third kappa shape index (κ3) is 9.41. The van der Waals surface area contributed by atoms with Gasteiger partial charge in [0, 0.05) is 13.0 Å². The van der Waals surface area contributed by atoms with E-state index in [-0.39, 0.29) is 24.3 Å². The minimum atomic E-state index is -3.51. The molecule has 1 amide bonds. The molecule has 0 aliphatic rings. The van der Waals surface area contributed by atoms with Gasteiger partial charge in [0.25, 0.3) is 0 Å². The maximum absolute atomic E-state index is 12.4. The second kappa shape index (κ2) is 13.3. The largest absolute Gasteiger partial charge is 0.492 e. The monoisotopic (exact) mass is 538 g/mol. The molecule has 0 saturated heterocycles. The molecular weight excluding hydrogens is 500 g/mol. The fourth-order valence-electron chi connectivity index (χ4n) is 3.82. The van der Waals surface area contributed by atoms with Crippen molar-refractivity contribution in [2.45, 2.75) is 45.6 Å². The van der Waals surface area contributed by atoms with E-state index in [0.29, 0.717) is 37.6 Å². The molecule has 0 aromatic heterocycles. The van der Waals surface area contributed by atoms with E-state index in [1.807, 2.05) is 54.6 Å². The smallest absolute Gasteiger partial charge is 0.232 e. The molecule has 1 N–H and O–H groups in total. The second-order valence-electron chi connectivity index (χ2n) is 10.2. The van der Waals surface area contributed by atoms with E-state index < -0.39 is 10.0 Å². The molecule has 0 bridgehead atoms. The number of ether oxygens (including phenoxy) is 2. The molecule has 0 heterocycles. The van der Waals surface area contributed by atoms with Crippen LogP contribution in [0, 0.1) is 0 Å². The molecule has 0 atom stereocenters. The van der Waals surface area contributed by atoms with Crippen molar-refractivity contribution < 1.29 is 22.7 Å². The Bertz CT molecular complexity index is 1250. The topological polar surface area (TPSA) is 84.9 Å². The fraction of sp³-hybridized carbons (Fsp3) is 0.367. The van der Waals surface area contributed by atoms with Crippen molar-refractivity contribution in [2.24, 2.45) is 0 Å². The zero-order chi connectivity index (χ0) is 27.6. The van der Waals surface area contributed by atoms with E-state index in [1.165, 1.54) is 9.87 Å². The zero-order valence-electron chi connectivity index (χ0n) is 22.6. The first-order valence-electron chi connectivity index (χ1n) is 12.8. The lowest BCUT2D eigenvalue weighted by Crippen LogP contribution is -2.32. The standard InChI is InChI=1S/C30H38N2O5S/c1-30(2,3)25-12-16-27(17-13-25)36-22-20-31-29(33)11-8-21-32(38(4,34)35)26-14-18-28(19-15-26)37-23-24-9-6-5-7-10-24/h5-7,9-10,12-19H,8,11,20-23H2,1-4H3,(H,31,33). The van der Waals surface area contributed by atoms with Crippen molar-refractivity contribution in [1.82, 2.24) is 5.32 Å². The SMILES string of the molecule is CC(C)(C)c1ccc(OCCNC(=O)CCCN(c2ccc(OCc3ccccc3)cc2)S(C)(=O)=O)cc1. The van der Waals surface area contributed by atoms with Crippen molar-refractivity contribution in [3.8, 4) is 11.5 Å². The van der Waals surface area contributed by atoms with Crippen LogP contribution in [0.3, 0.4) is 0 Å². The van der Waals surface area contributed by atoms with Crippen LogP contribution >= 0.6 is 0 Å². The summed E-state index contributed by atoms with van der Waals surface area (Å²) in [5.41, 5.74) is 2.90. The summed E-state index contributed by atoms with van der Waals surface area (Å²) in [6.07, 6.45) is 1.77. The van der Waals surface area contributed by atoms with E-state index in [2.05, 4.69) is 26.1 Å². The molecular formula is C30H38N2O5S. The lowest BCUT2D eigenvalue weighted by atomic mass is 9.87. The molecule has 0 aliphatic heterocycles. The van der Waals surface area contributed by atoms with Gasteiger partial charge in [-0.15, -0.1) is 0 Å². The number of hydrogen-bond acceptors (Lipinski definition) is 5. The van der Waals surface area contributed by atoms with Crippen LogP contribution in [0.5, 0.6) is 11.5 Å². The third-order valence-electron chi connectivity index (χ3n) is 5.95. The second-order valence-corrected chi connectivity index (χ2v) is 12.1. The van der Waals surface area contributed by atoms with Crippen LogP contribution in [-0.2, 0) is 26.8 Å². The van der Waals surface area contributed by atoms with E-state index in [0.717, 1.165) is 17.6 Å². The molecule has 0 radical (unpaired) electrons. The molecule has 0 fully saturated rings. The Morgan fingerprint density at radius 3 is 2.08 bits per heavy atom. The van der Waals surface area contributed by atoms with Crippen molar-refractivity contribution in [3.63, 3.8) is 0 Å². The number of carbonyl (C=O) groups is 1. The molecule has 0 aliphatic carbocycles. The van der Waals surface area contributed by atoms with Gasteiger partial charge in [0.1, 0.15) is 24.7 Å². The van der Waals surface area contributed by atoms with Gasteiger partial charge in [-0.1, -0.05) is 63.2 Å². The first-order chi connectivity index (χ1) is 18.0. The van der Waals surface area contributed by atoms with Gasteiger partial charge in [-0.2, -0.15) is 0 Å². The first-order valence-corrected chi connectivity index (χ1v) is 14.6. The Morgan fingerprint density at radius 2 is 1.47 bits per heavy atom.